The van der Waals surface area contributed by atoms with Gasteiger partial charge in [-0.15, -0.1) is 0 Å². The lowest BCUT2D eigenvalue weighted by Gasteiger charge is -2.05. The predicted octanol–water partition coefficient (Wildman–Crippen LogP) is 1.55. The molecular formula is C12H11N3O5. The van der Waals surface area contributed by atoms with Gasteiger partial charge in [-0.2, -0.15) is 5.10 Å². The number of benzene rings is 1. The average molecular weight is 277 g/mol. The van der Waals surface area contributed by atoms with Crippen molar-refractivity contribution in [1.29, 1.82) is 0 Å². The van der Waals surface area contributed by atoms with Crippen LogP contribution in [-0.2, 0) is 6.54 Å². The van der Waals surface area contributed by atoms with Crippen LogP contribution in [0.25, 0.3) is 0 Å². The van der Waals surface area contributed by atoms with Gasteiger partial charge in [-0.3, -0.25) is 14.8 Å². The predicted molar refractivity (Wildman–Crippen MR) is 67.9 cm³/mol. The molecule has 2 aromatic rings. The number of carboxylic acid groups (broad SMARTS) is 1. The van der Waals surface area contributed by atoms with E-state index in [0.29, 0.717) is 5.56 Å². The number of nitro groups is 1. The summed E-state index contributed by atoms with van der Waals surface area (Å²) >= 11 is 0. The third-order valence-corrected chi connectivity index (χ3v) is 2.64. The molecule has 1 aromatic heterocycles. The zero-order valence-corrected chi connectivity index (χ0v) is 10.5. The summed E-state index contributed by atoms with van der Waals surface area (Å²) in [6, 6.07) is 5.89. The number of carboxylic acids is 1. The summed E-state index contributed by atoms with van der Waals surface area (Å²) in [5, 5.41) is 23.5. The fourth-order valence-electron chi connectivity index (χ4n) is 1.73. The van der Waals surface area contributed by atoms with Gasteiger partial charge in [0.05, 0.1) is 18.6 Å². The fraction of sp³-hybridized carbons (Fsp3) is 0.167. The van der Waals surface area contributed by atoms with Crippen LogP contribution in [0.2, 0.25) is 0 Å². The summed E-state index contributed by atoms with van der Waals surface area (Å²) in [5.41, 5.74) is 0.404. The van der Waals surface area contributed by atoms with E-state index in [9.17, 15) is 14.9 Å². The van der Waals surface area contributed by atoms with Crippen molar-refractivity contribution in [3.05, 3.63) is 51.8 Å². The van der Waals surface area contributed by atoms with E-state index in [-0.39, 0.29) is 23.7 Å². The minimum atomic E-state index is -1.12. The number of nitrogens with zero attached hydrogens (tertiary/aromatic N) is 3. The normalized spacial score (nSPS) is 10.2. The quantitative estimate of drug-likeness (QED) is 0.656. The number of methoxy groups -OCH3 is 1. The van der Waals surface area contributed by atoms with Crippen LogP contribution in [0.5, 0.6) is 5.75 Å². The maximum Gasteiger partial charge on any atom is 0.356 e. The molecule has 0 amide bonds. The number of hydrogen-bond acceptors (Lipinski definition) is 5. The summed E-state index contributed by atoms with van der Waals surface area (Å²) < 4.78 is 6.30. The van der Waals surface area contributed by atoms with Crippen molar-refractivity contribution in [3.8, 4) is 5.75 Å². The minimum absolute atomic E-state index is 0.0759. The van der Waals surface area contributed by atoms with Crippen molar-refractivity contribution in [2.75, 3.05) is 7.11 Å². The third kappa shape index (κ3) is 2.74. The van der Waals surface area contributed by atoms with Crippen LogP contribution in [0.1, 0.15) is 16.1 Å². The zero-order valence-electron chi connectivity index (χ0n) is 10.5. The molecule has 2 rings (SSSR count). The second-order valence-corrected chi connectivity index (χ2v) is 3.97. The minimum Gasteiger partial charge on any atom is -0.490 e. The lowest BCUT2D eigenvalue weighted by Crippen LogP contribution is -2.04. The van der Waals surface area contributed by atoms with E-state index in [1.54, 1.807) is 6.07 Å². The molecule has 104 valence electrons. The van der Waals surface area contributed by atoms with E-state index in [4.69, 9.17) is 9.84 Å². The molecule has 0 aliphatic rings. The van der Waals surface area contributed by atoms with Crippen LogP contribution in [0.15, 0.2) is 30.5 Å². The van der Waals surface area contributed by atoms with Gasteiger partial charge in [0.2, 0.25) is 0 Å². The molecule has 1 N–H and O–H groups in total. The first-order chi connectivity index (χ1) is 9.51. The SMILES string of the molecule is COc1ccc(Cn2ccc(C(=O)O)n2)cc1[N+](=O)[O-]. The fourth-order valence-corrected chi connectivity index (χ4v) is 1.73. The second kappa shape index (κ2) is 5.39. The van der Waals surface area contributed by atoms with Crippen LogP contribution in [0.4, 0.5) is 5.69 Å². The van der Waals surface area contributed by atoms with Gasteiger partial charge in [-0.25, -0.2) is 4.79 Å². The molecule has 20 heavy (non-hydrogen) atoms. The number of aromatic carboxylic acids is 1. The molecule has 0 atom stereocenters. The Labute approximate surface area is 113 Å². The van der Waals surface area contributed by atoms with Crippen LogP contribution in [0.3, 0.4) is 0 Å². The van der Waals surface area contributed by atoms with Gasteiger partial charge in [0, 0.05) is 12.3 Å². The molecule has 0 spiro atoms. The molecule has 0 saturated heterocycles. The van der Waals surface area contributed by atoms with Crippen LogP contribution in [-0.4, -0.2) is 32.9 Å². The van der Waals surface area contributed by atoms with Crippen LogP contribution in [0, 0.1) is 10.1 Å². The first-order valence-electron chi connectivity index (χ1n) is 5.59. The number of nitro benzene ring substituents is 1. The monoisotopic (exact) mass is 277 g/mol. The summed E-state index contributed by atoms with van der Waals surface area (Å²) in [6.07, 6.45) is 1.50. The van der Waals surface area contributed by atoms with Gasteiger partial charge in [-0.1, -0.05) is 6.07 Å². The summed E-state index contributed by atoms with van der Waals surface area (Å²) in [4.78, 5) is 21.1. The van der Waals surface area contributed by atoms with Gasteiger partial charge >= 0.3 is 11.7 Å². The Morgan fingerprint density at radius 3 is 2.80 bits per heavy atom. The highest BCUT2D eigenvalue weighted by molar-refractivity contribution is 5.85. The highest BCUT2D eigenvalue weighted by Gasteiger charge is 2.15. The van der Waals surface area contributed by atoms with E-state index < -0.39 is 10.9 Å². The number of ether oxygens (including phenoxy) is 1. The Morgan fingerprint density at radius 1 is 1.50 bits per heavy atom. The van der Waals surface area contributed by atoms with Crippen molar-refractivity contribution < 1.29 is 19.6 Å². The maximum absolute atomic E-state index is 10.9. The lowest BCUT2D eigenvalue weighted by molar-refractivity contribution is -0.385. The number of rotatable bonds is 5. The standard InChI is InChI=1S/C12H11N3O5/c1-20-11-3-2-8(6-10(11)15(18)19)7-14-5-4-9(13-14)12(16)17/h2-6H,7H2,1H3,(H,16,17). The molecule has 0 fully saturated rings. The third-order valence-electron chi connectivity index (χ3n) is 2.64. The van der Waals surface area contributed by atoms with Gasteiger partial charge in [0.1, 0.15) is 0 Å². The first kappa shape index (κ1) is 13.5. The van der Waals surface area contributed by atoms with Crippen LogP contribution >= 0.6 is 0 Å². The molecule has 8 heteroatoms. The van der Waals surface area contributed by atoms with Crippen LogP contribution < -0.4 is 4.74 Å². The van der Waals surface area contributed by atoms with Gasteiger partial charge in [-0.05, 0) is 17.7 Å². The molecule has 0 aliphatic heterocycles. The van der Waals surface area contributed by atoms with Crippen molar-refractivity contribution >= 4 is 11.7 Å². The molecule has 0 radical (unpaired) electrons. The van der Waals surface area contributed by atoms with Gasteiger partial charge in [0.25, 0.3) is 0 Å². The number of hydrogen-bond donors (Lipinski definition) is 1. The van der Waals surface area contributed by atoms with Crippen molar-refractivity contribution in [3.63, 3.8) is 0 Å². The molecule has 0 saturated carbocycles. The van der Waals surface area contributed by atoms with E-state index in [1.807, 2.05) is 0 Å². The Bertz CT molecular complexity index is 665. The Balaban J connectivity index is 2.26. The number of carbonyl (C=O) groups is 1. The van der Waals surface area contributed by atoms with E-state index in [0.717, 1.165) is 0 Å². The summed E-state index contributed by atoms with van der Waals surface area (Å²) in [7, 11) is 1.36. The smallest absolute Gasteiger partial charge is 0.356 e. The zero-order chi connectivity index (χ0) is 14.7. The highest BCUT2D eigenvalue weighted by atomic mass is 16.6. The van der Waals surface area contributed by atoms with Crippen molar-refractivity contribution in [2.24, 2.45) is 0 Å². The Hall–Kier alpha value is -2.90. The Kier molecular flexibility index (Phi) is 3.65. The van der Waals surface area contributed by atoms with Crippen molar-refractivity contribution in [1.82, 2.24) is 9.78 Å². The molecule has 0 unspecified atom stereocenters. The highest BCUT2D eigenvalue weighted by Crippen LogP contribution is 2.27. The second-order valence-electron chi connectivity index (χ2n) is 3.97. The molecule has 8 nitrogen and oxygen atoms in total. The molecule has 0 bridgehead atoms. The van der Waals surface area contributed by atoms with Gasteiger partial charge < -0.3 is 9.84 Å². The summed E-state index contributed by atoms with van der Waals surface area (Å²) in [5.74, 6) is -0.949. The average Bonchev–Trinajstić information content (AvgIpc) is 2.87. The van der Waals surface area contributed by atoms with E-state index in [2.05, 4.69) is 5.10 Å². The van der Waals surface area contributed by atoms with E-state index >= 15 is 0 Å². The van der Waals surface area contributed by atoms with Crippen molar-refractivity contribution in [2.45, 2.75) is 6.54 Å². The molecule has 1 aromatic carbocycles. The Morgan fingerprint density at radius 2 is 2.25 bits per heavy atom. The lowest BCUT2D eigenvalue weighted by atomic mass is 10.2. The van der Waals surface area contributed by atoms with E-state index in [1.165, 1.54) is 36.2 Å². The maximum atomic E-state index is 10.9. The first-order valence-corrected chi connectivity index (χ1v) is 5.59. The van der Waals surface area contributed by atoms with Gasteiger partial charge in [0.15, 0.2) is 11.4 Å². The molecular weight excluding hydrogens is 266 g/mol. The largest absolute Gasteiger partial charge is 0.490 e. The summed E-state index contributed by atoms with van der Waals surface area (Å²) in [6.45, 7) is 0.234. The number of aromatic nitrogens is 2. The molecule has 1 heterocycles. The molecule has 0 aliphatic carbocycles. The topological polar surface area (TPSA) is 107 Å².